The number of nitrogens with zero attached hydrogens (tertiary/aromatic N) is 1. The van der Waals surface area contributed by atoms with Gasteiger partial charge in [-0.15, -0.1) is 0 Å². The smallest absolute Gasteiger partial charge is 0.414 e. The van der Waals surface area contributed by atoms with Crippen LogP contribution in [0.4, 0.5) is 16.2 Å². The minimum Gasteiger partial charge on any atom is -0.442 e. The number of ether oxygens (including phenoxy) is 1. The van der Waals surface area contributed by atoms with Crippen LogP contribution in [0.1, 0.15) is 6.92 Å². The first-order valence-corrected chi connectivity index (χ1v) is 7.71. The summed E-state index contributed by atoms with van der Waals surface area (Å²) < 4.78 is 5.27. The third-order valence-corrected chi connectivity index (χ3v) is 3.88. The Morgan fingerprint density at radius 3 is 2.33 bits per heavy atom. The van der Waals surface area contributed by atoms with Crippen molar-refractivity contribution in [1.29, 1.82) is 0 Å². The first-order chi connectivity index (χ1) is 11.5. The van der Waals surface area contributed by atoms with E-state index in [0.29, 0.717) is 13.1 Å². The van der Waals surface area contributed by atoms with E-state index < -0.39 is 6.09 Å². The van der Waals surface area contributed by atoms with E-state index in [2.05, 4.69) is 5.32 Å². The summed E-state index contributed by atoms with van der Waals surface area (Å²) in [5.74, 6) is -0.141. The number of cyclic esters (lactones) is 1. The molecular weight excluding hydrogens is 306 g/mol. The SMILES string of the molecule is CC(=O)NCC1CN(c2ccc(-c3ccc(N)cc3)cc2)C(=O)O1. The van der Waals surface area contributed by atoms with Crippen LogP contribution in [-0.4, -0.2) is 31.2 Å². The Bertz CT molecular complexity index is 741. The lowest BCUT2D eigenvalue weighted by Gasteiger charge is -2.14. The lowest BCUT2D eigenvalue weighted by molar-refractivity contribution is -0.119. The fraction of sp³-hybridized carbons (Fsp3) is 0.222. The van der Waals surface area contributed by atoms with Gasteiger partial charge in [-0.25, -0.2) is 4.79 Å². The van der Waals surface area contributed by atoms with Gasteiger partial charge in [0, 0.05) is 18.3 Å². The van der Waals surface area contributed by atoms with Gasteiger partial charge in [-0.05, 0) is 35.4 Å². The molecule has 0 saturated carbocycles. The van der Waals surface area contributed by atoms with Crippen LogP contribution in [0.2, 0.25) is 0 Å². The second-order valence-corrected chi connectivity index (χ2v) is 5.72. The molecule has 1 unspecified atom stereocenters. The highest BCUT2D eigenvalue weighted by molar-refractivity contribution is 5.90. The topological polar surface area (TPSA) is 84.7 Å². The van der Waals surface area contributed by atoms with Crippen molar-refractivity contribution >= 4 is 23.4 Å². The largest absolute Gasteiger partial charge is 0.442 e. The molecule has 0 aliphatic carbocycles. The van der Waals surface area contributed by atoms with Crippen LogP contribution in [0.25, 0.3) is 11.1 Å². The van der Waals surface area contributed by atoms with Gasteiger partial charge in [0.2, 0.25) is 5.91 Å². The van der Waals surface area contributed by atoms with Crippen molar-refractivity contribution in [3.63, 3.8) is 0 Å². The maximum atomic E-state index is 12.0. The van der Waals surface area contributed by atoms with E-state index in [1.807, 2.05) is 48.5 Å². The number of carbonyl (C=O) groups excluding carboxylic acids is 2. The molecule has 24 heavy (non-hydrogen) atoms. The van der Waals surface area contributed by atoms with Crippen LogP contribution in [0.3, 0.4) is 0 Å². The average Bonchev–Trinajstić information content (AvgIpc) is 2.95. The van der Waals surface area contributed by atoms with Gasteiger partial charge in [0.05, 0.1) is 13.1 Å². The highest BCUT2D eigenvalue weighted by Crippen LogP contribution is 2.26. The van der Waals surface area contributed by atoms with Crippen molar-refractivity contribution in [2.75, 3.05) is 23.7 Å². The summed E-state index contributed by atoms with van der Waals surface area (Å²) in [5.41, 5.74) is 9.29. The zero-order chi connectivity index (χ0) is 17.1. The standard InChI is InChI=1S/C18H19N3O3/c1-12(22)20-10-17-11-21(18(23)24-17)16-8-4-14(5-9-16)13-2-6-15(19)7-3-13/h2-9,17H,10-11,19H2,1H3,(H,20,22). The molecule has 2 aromatic carbocycles. The molecule has 1 saturated heterocycles. The van der Waals surface area contributed by atoms with Crippen LogP contribution < -0.4 is 16.0 Å². The monoisotopic (exact) mass is 325 g/mol. The molecule has 0 radical (unpaired) electrons. The number of carbonyl (C=O) groups is 2. The molecule has 1 aliphatic rings. The number of benzene rings is 2. The molecule has 6 heteroatoms. The molecule has 124 valence electrons. The summed E-state index contributed by atoms with van der Waals surface area (Å²) in [6.45, 7) is 2.17. The highest BCUT2D eigenvalue weighted by atomic mass is 16.6. The second-order valence-electron chi connectivity index (χ2n) is 5.72. The van der Waals surface area contributed by atoms with E-state index in [0.717, 1.165) is 22.5 Å². The van der Waals surface area contributed by atoms with Gasteiger partial charge < -0.3 is 15.8 Å². The van der Waals surface area contributed by atoms with E-state index in [9.17, 15) is 9.59 Å². The molecule has 0 spiro atoms. The quantitative estimate of drug-likeness (QED) is 0.845. The number of nitrogen functional groups attached to an aromatic ring is 1. The number of hydrogen-bond acceptors (Lipinski definition) is 4. The minimum atomic E-state index is -0.398. The van der Waals surface area contributed by atoms with E-state index in [4.69, 9.17) is 10.5 Å². The summed E-state index contributed by atoms with van der Waals surface area (Å²) >= 11 is 0. The van der Waals surface area contributed by atoms with Gasteiger partial charge in [-0.1, -0.05) is 24.3 Å². The molecule has 3 N–H and O–H groups in total. The van der Waals surface area contributed by atoms with Crippen LogP contribution in [0, 0.1) is 0 Å². The second kappa shape index (κ2) is 6.62. The Morgan fingerprint density at radius 2 is 1.75 bits per heavy atom. The van der Waals surface area contributed by atoms with Crippen LogP contribution in [0.15, 0.2) is 48.5 Å². The van der Waals surface area contributed by atoms with Crippen molar-refractivity contribution in [1.82, 2.24) is 5.32 Å². The van der Waals surface area contributed by atoms with Gasteiger partial charge in [0.1, 0.15) is 6.10 Å². The van der Waals surface area contributed by atoms with Gasteiger partial charge in [0.15, 0.2) is 0 Å². The highest BCUT2D eigenvalue weighted by Gasteiger charge is 2.32. The van der Waals surface area contributed by atoms with E-state index in [1.165, 1.54) is 6.92 Å². The third-order valence-electron chi connectivity index (χ3n) is 3.88. The summed E-state index contributed by atoms with van der Waals surface area (Å²) in [6.07, 6.45) is -0.733. The number of nitrogens with one attached hydrogen (secondary N) is 1. The molecule has 1 aliphatic heterocycles. The van der Waals surface area contributed by atoms with Crippen LogP contribution in [0.5, 0.6) is 0 Å². The Labute approximate surface area is 140 Å². The van der Waals surface area contributed by atoms with Crippen molar-refractivity contribution < 1.29 is 14.3 Å². The van der Waals surface area contributed by atoms with Gasteiger partial charge >= 0.3 is 6.09 Å². The Balaban J connectivity index is 1.70. The normalized spacial score (nSPS) is 16.8. The molecule has 0 bridgehead atoms. The summed E-state index contributed by atoms with van der Waals surface area (Å²) in [6, 6.07) is 15.3. The Kier molecular flexibility index (Phi) is 4.37. The number of hydrogen-bond donors (Lipinski definition) is 2. The first-order valence-electron chi connectivity index (χ1n) is 7.71. The van der Waals surface area contributed by atoms with Crippen molar-refractivity contribution in [3.8, 4) is 11.1 Å². The molecule has 1 heterocycles. The lowest BCUT2D eigenvalue weighted by atomic mass is 10.0. The predicted molar refractivity (Wildman–Crippen MR) is 92.6 cm³/mol. The van der Waals surface area contributed by atoms with Gasteiger partial charge in [0.25, 0.3) is 0 Å². The molecule has 3 rings (SSSR count). The molecule has 0 aromatic heterocycles. The van der Waals surface area contributed by atoms with E-state index in [1.54, 1.807) is 4.90 Å². The fourth-order valence-corrected chi connectivity index (χ4v) is 2.61. The molecule has 6 nitrogen and oxygen atoms in total. The van der Waals surface area contributed by atoms with Crippen molar-refractivity contribution in [3.05, 3.63) is 48.5 Å². The predicted octanol–water partition coefficient (Wildman–Crippen LogP) is 2.40. The number of amides is 2. The van der Waals surface area contributed by atoms with Crippen LogP contribution >= 0.6 is 0 Å². The maximum absolute atomic E-state index is 12.0. The molecule has 1 atom stereocenters. The summed E-state index contributed by atoms with van der Waals surface area (Å²) in [7, 11) is 0. The lowest BCUT2D eigenvalue weighted by Crippen LogP contribution is -2.33. The summed E-state index contributed by atoms with van der Waals surface area (Å²) in [5, 5.41) is 2.66. The zero-order valence-corrected chi connectivity index (χ0v) is 13.4. The number of rotatable bonds is 4. The van der Waals surface area contributed by atoms with Crippen LogP contribution in [-0.2, 0) is 9.53 Å². The van der Waals surface area contributed by atoms with Gasteiger partial charge in [-0.2, -0.15) is 0 Å². The minimum absolute atomic E-state index is 0.141. The molecule has 2 aromatic rings. The summed E-state index contributed by atoms with van der Waals surface area (Å²) in [4.78, 5) is 24.5. The van der Waals surface area contributed by atoms with Gasteiger partial charge in [-0.3, -0.25) is 9.69 Å². The van der Waals surface area contributed by atoms with Crippen molar-refractivity contribution in [2.45, 2.75) is 13.0 Å². The Morgan fingerprint density at radius 1 is 1.17 bits per heavy atom. The Hall–Kier alpha value is -3.02. The number of nitrogens with two attached hydrogens (primary N) is 1. The molecular formula is C18H19N3O3. The molecule has 2 amide bonds. The van der Waals surface area contributed by atoms with E-state index >= 15 is 0 Å². The number of anilines is 2. The van der Waals surface area contributed by atoms with Crippen molar-refractivity contribution in [2.24, 2.45) is 0 Å². The fourth-order valence-electron chi connectivity index (χ4n) is 2.61. The third kappa shape index (κ3) is 3.48. The van der Waals surface area contributed by atoms with E-state index in [-0.39, 0.29) is 12.0 Å². The molecule has 1 fully saturated rings. The first kappa shape index (κ1) is 15.9. The maximum Gasteiger partial charge on any atom is 0.414 e. The zero-order valence-electron chi connectivity index (χ0n) is 13.4. The average molecular weight is 325 g/mol.